The Morgan fingerprint density at radius 2 is 0.867 bits per heavy atom. The van der Waals surface area contributed by atoms with Crippen molar-refractivity contribution in [2.75, 3.05) is 0 Å². The van der Waals surface area contributed by atoms with Crippen molar-refractivity contribution in [3.05, 3.63) is 61.2 Å². The minimum Gasteiger partial charge on any atom is -0.265 e. The van der Waals surface area contributed by atoms with Crippen LogP contribution in [-0.2, 0) is 11.6 Å². The van der Waals surface area contributed by atoms with Crippen LogP contribution in [0.3, 0.4) is 0 Å². The number of hydrogen-bond acceptors (Lipinski definition) is 2. The van der Waals surface area contributed by atoms with Gasteiger partial charge in [-0.25, -0.2) is 0 Å². The van der Waals surface area contributed by atoms with E-state index >= 15 is 0 Å². The van der Waals surface area contributed by atoms with Gasteiger partial charge in [0.2, 0.25) is 0 Å². The number of aromatic nitrogens is 2. The van der Waals surface area contributed by atoms with E-state index in [0.717, 1.165) is 0 Å². The molecular weight excluding hydrogens is 360 g/mol. The summed E-state index contributed by atoms with van der Waals surface area (Å²) >= 11 is 6.75. The Morgan fingerprint density at radius 1 is 0.600 bits per heavy atom. The van der Waals surface area contributed by atoms with E-state index in [1.54, 1.807) is 24.8 Å². The second-order valence-electron chi connectivity index (χ2n) is 2.11. The normalized spacial score (nSPS) is 7.60. The molecule has 2 aromatic heterocycles. The zero-order valence-corrected chi connectivity index (χ0v) is 12.3. The number of hydrogen-bond donors (Lipinski definition) is 0. The Morgan fingerprint density at radius 3 is 0.933 bits per heavy atom. The van der Waals surface area contributed by atoms with Crippen LogP contribution in [0.15, 0.2) is 61.2 Å². The summed E-state index contributed by atoms with van der Waals surface area (Å²) in [6.07, 6.45) is 7.00. The number of halogens is 2. The fraction of sp³-hybridized carbons (Fsp3) is 0. The molecule has 0 aromatic carbocycles. The van der Waals surface area contributed by atoms with Gasteiger partial charge in [0.15, 0.2) is 0 Å². The zero-order valence-electron chi connectivity index (χ0n) is 7.83. The molecule has 2 nitrogen and oxygen atoms in total. The largest absolute Gasteiger partial charge is 0.265 e. The van der Waals surface area contributed by atoms with Gasteiger partial charge in [0.05, 0.1) is 0 Å². The molecule has 0 radical (unpaired) electrons. The van der Waals surface area contributed by atoms with Crippen molar-refractivity contribution in [3.63, 3.8) is 0 Å². The summed E-state index contributed by atoms with van der Waals surface area (Å²) in [4.78, 5) is 7.57. The standard InChI is InChI=1S/2C5H5N.2BrH.Cr/c2*1-2-4-6-5-3-1;;;/h2*1-5H;2*1H;/q;;;;+2/p-2. The molecule has 0 aliphatic heterocycles. The fourth-order valence-electron chi connectivity index (χ4n) is 0.625. The smallest absolute Gasteiger partial charge is 0.0267 e. The van der Waals surface area contributed by atoms with Crippen LogP contribution < -0.4 is 0 Å². The maximum Gasteiger partial charge on any atom is 0.0267 e. The van der Waals surface area contributed by atoms with E-state index in [0.29, 0.717) is 11.6 Å². The van der Waals surface area contributed by atoms with Crippen LogP contribution in [0.25, 0.3) is 0 Å². The van der Waals surface area contributed by atoms with Gasteiger partial charge in [-0.05, 0) is 24.3 Å². The number of pyridine rings is 2. The van der Waals surface area contributed by atoms with Gasteiger partial charge >= 0.3 is 39.7 Å². The van der Waals surface area contributed by atoms with Gasteiger partial charge in [-0.3, -0.25) is 9.97 Å². The van der Waals surface area contributed by atoms with Crippen molar-refractivity contribution >= 4 is 28.1 Å². The zero-order chi connectivity index (χ0) is 11.2. The molecule has 2 aromatic rings. The summed E-state index contributed by atoms with van der Waals surface area (Å²) in [6, 6.07) is 11.4. The van der Waals surface area contributed by atoms with E-state index in [1.165, 1.54) is 0 Å². The molecule has 0 N–H and O–H groups in total. The van der Waals surface area contributed by atoms with Crippen molar-refractivity contribution in [1.82, 2.24) is 9.97 Å². The minimum atomic E-state index is 0.500. The second kappa shape index (κ2) is 13.8. The van der Waals surface area contributed by atoms with Gasteiger partial charge in [0.1, 0.15) is 0 Å². The third-order valence-electron chi connectivity index (χ3n) is 1.13. The first-order valence-corrected chi connectivity index (χ1v) is 10.3. The molecule has 5 heteroatoms. The van der Waals surface area contributed by atoms with Crippen molar-refractivity contribution < 1.29 is 11.6 Å². The molecule has 0 saturated heterocycles. The molecule has 2 rings (SSSR count). The predicted molar refractivity (Wildman–Crippen MR) is 66.3 cm³/mol. The quantitative estimate of drug-likeness (QED) is 0.704. The SMILES string of the molecule is [Br][Cr][Br].c1ccncc1.c1ccncc1. The molecule has 0 aliphatic rings. The summed E-state index contributed by atoms with van der Waals surface area (Å²) in [5.74, 6) is 0. The molecule has 15 heavy (non-hydrogen) atoms. The van der Waals surface area contributed by atoms with Crippen LogP contribution in [0.1, 0.15) is 0 Å². The second-order valence-corrected chi connectivity index (χ2v) is 8.54. The Kier molecular flexibility index (Phi) is 13.6. The van der Waals surface area contributed by atoms with E-state index in [4.69, 9.17) is 0 Å². The summed E-state index contributed by atoms with van der Waals surface area (Å²) in [6.45, 7) is 0. The van der Waals surface area contributed by atoms with Crippen LogP contribution in [0.2, 0.25) is 0 Å². The van der Waals surface area contributed by atoms with Crippen LogP contribution >= 0.6 is 28.1 Å². The first kappa shape index (κ1) is 14.8. The average molecular weight is 370 g/mol. The number of nitrogens with zero attached hydrogens (tertiary/aromatic N) is 2. The van der Waals surface area contributed by atoms with Gasteiger partial charge in [-0.1, -0.05) is 12.1 Å². The van der Waals surface area contributed by atoms with Gasteiger partial charge in [0.25, 0.3) is 0 Å². The van der Waals surface area contributed by atoms with Crippen molar-refractivity contribution in [1.29, 1.82) is 0 Å². The molecule has 0 atom stereocenters. The van der Waals surface area contributed by atoms with E-state index in [1.807, 2.05) is 36.4 Å². The van der Waals surface area contributed by atoms with Gasteiger partial charge in [-0.2, -0.15) is 0 Å². The Hall–Kier alpha value is -0.208. The maximum absolute atomic E-state index is 3.78. The van der Waals surface area contributed by atoms with E-state index < -0.39 is 0 Å². The van der Waals surface area contributed by atoms with Crippen molar-refractivity contribution in [2.45, 2.75) is 0 Å². The van der Waals surface area contributed by atoms with Gasteiger partial charge < -0.3 is 0 Å². The summed E-state index contributed by atoms with van der Waals surface area (Å²) in [7, 11) is 0. The molecule has 2 heterocycles. The van der Waals surface area contributed by atoms with Gasteiger partial charge in [-0.15, -0.1) is 0 Å². The van der Waals surface area contributed by atoms with Crippen LogP contribution in [-0.4, -0.2) is 9.97 Å². The molecule has 0 aliphatic carbocycles. The van der Waals surface area contributed by atoms with Gasteiger partial charge in [0, 0.05) is 24.8 Å². The fourth-order valence-corrected chi connectivity index (χ4v) is 0.625. The Balaban J connectivity index is 0.000000210. The summed E-state index contributed by atoms with van der Waals surface area (Å²) in [5.41, 5.74) is 0. The molecule has 0 spiro atoms. The molecule has 0 fully saturated rings. The third kappa shape index (κ3) is 13.8. The summed E-state index contributed by atoms with van der Waals surface area (Å²) in [5, 5.41) is 0. The third-order valence-corrected chi connectivity index (χ3v) is 1.13. The van der Waals surface area contributed by atoms with E-state index in [9.17, 15) is 0 Å². The Bertz CT molecular complexity index is 210. The van der Waals surface area contributed by atoms with Crippen molar-refractivity contribution in [2.24, 2.45) is 0 Å². The van der Waals surface area contributed by atoms with Crippen LogP contribution in [0.5, 0.6) is 0 Å². The Labute approximate surface area is 110 Å². The molecule has 0 unspecified atom stereocenters. The maximum atomic E-state index is 3.78. The topological polar surface area (TPSA) is 25.8 Å². The molecule has 0 saturated carbocycles. The number of rotatable bonds is 0. The predicted octanol–water partition coefficient (Wildman–Crippen LogP) is 3.85. The molecule has 0 amide bonds. The summed E-state index contributed by atoms with van der Waals surface area (Å²) < 4.78 is 0. The first-order valence-electron chi connectivity index (χ1n) is 4.01. The first-order chi connectivity index (χ1) is 7.41. The average Bonchev–Trinajstić information content (AvgIpc) is 2.35. The van der Waals surface area contributed by atoms with Crippen molar-refractivity contribution in [3.8, 4) is 0 Å². The monoisotopic (exact) mass is 368 g/mol. The van der Waals surface area contributed by atoms with Crippen LogP contribution in [0, 0.1) is 0 Å². The molecule has 80 valence electrons. The van der Waals surface area contributed by atoms with E-state index in [2.05, 4.69) is 38.1 Å². The molecule has 0 bridgehead atoms. The minimum absolute atomic E-state index is 0.500. The van der Waals surface area contributed by atoms with E-state index in [-0.39, 0.29) is 0 Å². The van der Waals surface area contributed by atoms with Crippen LogP contribution in [0.4, 0.5) is 0 Å². The molecular formula is C10H10Br2CrN2.